The maximum Gasteiger partial charge on any atom is 0.371 e. The Labute approximate surface area is 117 Å². The standard InChI is InChI=1S/C12H18N2O5S/c1-7-11(6-10(19-7)12(15)16)20(17,18)14-9-5-3-2-4-8(9)13/h6,8-9,14H,2-5,13H2,1H3,(H,15,16). The number of furan rings is 1. The Hall–Kier alpha value is -1.38. The lowest BCUT2D eigenvalue weighted by atomic mass is 9.92. The van der Waals surface area contributed by atoms with Gasteiger partial charge in [0.15, 0.2) is 0 Å². The van der Waals surface area contributed by atoms with Crippen LogP contribution in [-0.4, -0.2) is 31.6 Å². The van der Waals surface area contributed by atoms with Crippen molar-refractivity contribution in [1.82, 2.24) is 4.72 Å². The van der Waals surface area contributed by atoms with Crippen LogP contribution in [0.25, 0.3) is 0 Å². The molecular formula is C12H18N2O5S. The maximum absolute atomic E-state index is 12.3. The second kappa shape index (κ2) is 5.55. The third kappa shape index (κ3) is 3.02. The third-order valence-corrected chi connectivity index (χ3v) is 5.10. The van der Waals surface area contributed by atoms with E-state index in [2.05, 4.69) is 4.72 Å². The zero-order chi connectivity index (χ0) is 14.9. The van der Waals surface area contributed by atoms with E-state index in [0.717, 1.165) is 25.3 Å². The van der Waals surface area contributed by atoms with Crippen LogP contribution in [0.5, 0.6) is 0 Å². The van der Waals surface area contributed by atoms with Crippen molar-refractivity contribution in [3.8, 4) is 0 Å². The first-order chi connectivity index (χ1) is 9.31. The molecule has 20 heavy (non-hydrogen) atoms. The van der Waals surface area contributed by atoms with Gasteiger partial charge in [-0.25, -0.2) is 17.9 Å². The summed E-state index contributed by atoms with van der Waals surface area (Å²) in [6.45, 7) is 1.42. The zero-order valence-corrected chi connectivity index (χ0v) is 11.9. The van der Waals surface area contributed by atoms with Crippen molar-refractivity contribution >= 4 is 16.0 Å². The number of nitrogens with two attached hydrogens (primary N) is 1. The van der Waals surface area contributed by atoms with E-state index in [1.165, 1.54) is 6.92 Å². The Balaban J connectivity index is 2.24. The van der Waals surface area contributed by atoms with Crippen LogP contribution in [-0.2, 0) is 10.0 Å². The summed E-state index contributed by atoms with van der Waals surface area (Å²) in [5, 5.41) is 8.82. The Morgan fingerprint density at radius 2 is 2.10 bits per heavy atom. The molecule has 0 radical (unpaired) electrons. The molecule has 1 saturated carbocycles. The van der Waals surface area contributed by atoms with Gasteiger partial charge < -0.3 is 15.3 Å². The number of aryl methyl sites for hydroxylation is 1. The number of hydrogen-bond donors (Lipinski definition) is 3. The van der Waals surface area contributed by atoms with E-state index in [-0.39, 0.29) is 22.7 Å². The normalized spacial score (nSPS) is 23.7. The molecule has 1 aliphatic rings. The quantitative estimate of drug-likeness (QED) is 0.757. The van der Waals surface area contributed by atoms with E-state index in [1.807, 2.05) is 0 Å². The van der Waals surface area contributed by atoms with E-state index >= 15 is 0 Å². The smallest absolute Gasteiger partial charge is 0.371 e. The minimum atomic E-state index is -3.82. The molecule has 1 aromatic rings. The summed E-state index contributed by atoms with van der Waals surface area (Å²) in [6.07, 6.45) is 3.37. The SMILES string of the molecule is Cc1oc(C(=O)O)cc1S(=O)(=O)NC1CCCCC1N. The molecule has 2 atom stereocenters. The number of carboxylic acid groups (broad SMARTS) is 1. The Morgan fingerprint density at radius 3 is 2.65 bits per heavy atom. The van der Waals surface area contributed by atoms with Crippen molar-refractivity contribution in [2.75, 3.05) is 0 Å². The molecule has 8 heteroatoms. The third-order valence-electron chi connectivity index (χ3n) is 3.50. The highest BCUT2D eigenvalue weighted by Crippen LogP contribution is 2.23. The summed E-state index contributed by atoms with van der Waals surface area (Å²) in [4.78, 5) is 10.7. The van der Waals surface area contributed by atoms with Crippen LogP contribution in [0.15, 0.2) is 15.4 Å². The summed E-state index contributed by atoms with van der Waals surface area (Å²) in [5.74, 6) is -1.64. The molecule has 1 aliphatic carbocycles. The molecule has 0 spiro atoms. The van der Waals surface area contributed by atoms with Gasteiger partial charge in [0.05, 0.1) is 0 Å². The van der Waals surface area contributed by atoms with E-state index in [9.17, 15) is 13.2 Å². The van der Waals surface area contributed by atoms with Gasteiger partial charge in [0.25, 0.3) is 0 Å². The highest BCUT2D eigenvalue weighted by Gasteiger charge is 2.30. The molecule has 0 amide bonds. The van der Waals surface area contributed by atoms with Crippen molar-refractivity contribution < 1.29 is 22.7 Å². The fourth-order valence-electron chi connectivity index (χ4n) is 2.41. The first kappa shape index (κ1) is 15.0. The monoisotopic (exact) mass is 302 g/mol. The summed E-state index contributed by atoms with van der Waals surface area (Å²) in [6, 6.07) is 0.481. The van der Waals surface area contributed by atoms with E-state index < -0.39 is 21.8 Å². The summed E-state index contributed by atoms with van der Waals surface area (Å²) >= 11 is 0. The number of aromatic carboxylic acids is 1. The Bertz CT molecular complexity index is 607. The number of carboxylic acids is 1. The first-order valence-electron chi connectivity index (χ1n) is 6.43. The van der Waals surface area contributed by atoms with Gasteiger partial charge in [-0.15, -0.1) is 0 Å². The van der Waals surface area contributed by atoms with Gasteiger partial charge >= 0.3 is 5.97 Å². The molecule has 7 nitrogen and oxygen atoms in total. The van der Waals surface area contributed by atoms with E-state index in [0.29, 0.717) is 6.42 Å². The molecule has 1 fully saturated rings. The van der Waals surface area contributed by atoms with Crippen molar-refractivity contribution in [2.45, 2.75) is 49.6 Å². The Morgan fingerprint density at radius 1 is 1.45 bits per heavy atom. The molecule has 1 heterocycles. The van der Waals surface area contributed by atoms with Gasteiger partial charge in [0.2, 0.25) is 15.8 Å². The van der Waals surface area contributed by atoms with Crippen molar-refractivity contribution in [3.05, 3.63) is 17.6 Å². The highest BCUT2D eigenvalue weighted by molar-refractivity contribution is 7.89. The molecule has 0 saturated heterocycles. The minimum Gasteiger partial charge on any atom is -0.475 e. The molecule has 2 rings (SSSR count). The lowest BCUT2D eigenvalue weighted by molar-refractivity contribution is 0.0661. The lowest BCUT2D eigenvalue weighted by Crippen LogP contribution is -2.49. The van der Waals surface area contributed by atoms with Crippen LogP contribution in [0.2, 0.25) is 0 Å². The van der Waals surface area contributed by atoms with Gasteiger partial charge in [-0.3, -0.25) is 0 Å². The van der Waals surface area contributed by atoms with Crippen LogP contribution in [0.3, 0.4) is 0 Å². The molecule has 4 N–H and O–H groups in total. The summed E-state index contributed by atoms with van der Waals surface area (Å²) in [7, 11) is -3.82. The molecule has 2 unspecified atom stereocenters. The first-order valence-corrected chi connectivity index (χ1v) is 7.91. The van der Waals surface area contributed by atoms with E-state index in [4.69, 9.17) is 15.3 Å². The number of sulfonamides is 1. The van der Waals surface area contributed by atoms with Gasteiger partial charge in [-0.2, -0.15) is 0 Å². The molecule has 1 aromatic heterocycles. The van der Waals surface area contributed by atoms with Crippen molar-refractivity contribution in [1.29, 1.82) is 0 Å². The van der Waals surface area contributed by atoms with Crippen molar-refractivity contribution in [3.63, 3.8) is 0 Å². The van der Waals surface area contributed by atoms with Gasteiger partial charge in [0, 0.05) is 18.2 Å². The predicted molar refractivity (Wildman–Crippen MR) is 71.0 cm³/mol. The zero-order valence-electron chi connectivity index (χ0n) is 11.1. The number of nitrogens with one attached hydrogen (secondary N) is 1. The van der Waals surface area contributed by atoms with Crippen LogP contribution < -0.4 is 10.5 Å². The van der Waals surface area contributed by atoms with Gasteiger partial charge in [0.1, 0.15) is 10.7 Å². The maximum atomic E-state index is 12.3. The van der Waals surface area contributed by atoms with Crippen LogP contribution in [0.4, 0.5) is 0 Å². The molecule has 0 bridgehead atoms. The minimum absolute atomic E-state index is 0.0549. The Kier molecular flexibility index (Phi) is 4.17. The molecule has 112 valence electrons. The average Bonchev–Trinajstić information content (AvgIpc) is 2.75. The predicted octanol–water partition coefficient (Wildman–Crippen LogP) is 0.834. The molecule has 0 aliphatic heterocycles. The highest BCUT2D eigenvalue weighted by atomic mass is 32.2. The second-order valence-electron chi connectivity index (χ2n) is 5.01. The number of carbonyl (C=O) groups is 1. The van der Waals surface area contributed by atoms with Crippen molar-refractivity contribution in [2.24, 2.45) is 5.73 Å². The molecular weight excluding hydrogens is 284 g/mol. The van der Waals surface area contributed by atoms with Crippen LogP contribution in [0.1, 0.15) is 42.0 Å². The fraction of sp³-hybridized carbons (Fsp3) is 0.583. The summed E-state index contributed by atoms with van der Waals surface area (Å²) in [5.41, 5.74) is 5.91. The molecule has 0 aromatic carbocycles. The summed E-state index contributed by atoms with van der Waals surface area (Å²) < 4.78 is 32.0. The fourth-order valence-corrected chi connectivity index (χ4v) is 3.91. The largest absolute Gasteiger partial charge is 0.475 e. The van der Waals surface area contributed by atoms with Gasteiger partial charge in [-0.05, 0) is 19.8 Å². The second-order valence-corrected chi connectivity index (χ2v) is 6.69. The number of rotatable bonds is 4. The van der Waals surface area contributed by atoms with E-state index in [1.54, 1.807) is 0 Å². The lowest BCUT2D eigenvalue weighted by Gasteiger charge is -2.28. The topological polar surface area (TPSA) is 123 Å². The van der Waals surface area contributed by atoms with Gasteiger partial charge in [-0.1, -0.05) is 12.8 Å². The van der Waals surface area contributed by atoms with Crippen LogP contribution >= 0.6 is 0 Å². The average molecular weight is 302 g/mol. The van der Waals surface area contributed by atoms with Crippen LogP contribution in [0, 0.1) is 6.92 Å². The number of hydrogen-bond acceptors (Lipinski definition) is 5.